The van der Waals surface area contributed by atoms with E-state index in [2.05, 4.69) is 74.2 Å². The first-order valence-electron chi connectivity index (χ1n) is 24.5. The molecule has 2 aliphatic heterocycles. The maximum Gasteiger partial charge on any atom is 0.222 e. The van der Waals surface area contributed by atoms with Crippen LogP contribution in [0.5, 0.6) is 0 Å². The van der Waals surface area contributed by atoms with Gasteiger partial charge in [0.1, 0.15) is 0 Å². The third-order valence-corrected chi connectivity index (χ3v) is 12.9. The first kappa shape index (κ1) is 50.2. The van der Waals surface area contributed by atoms with Crippen molar-refractivity contribution in [2.75, 3.05) is 79.5 Å². The molecule has 0 N–H and O–H groups in total. The Bertz CT molecular complexity index is 969. The van der Waals surface area contributed by atoms with Crippen LogP contribution in [-0.2, 0) is 9.59 Å². The fourth-order valence-corrected chi connectivity index (χ4v) is 8.43. The van der Waals surface area contributed by atoms with E-state index in [1.165, 1.54) is 154 Å². The highest BCUT2D eigenvalue weighted by molar-refractivity contribution is 5.76. The summed E-state index contributed by atoms with van der Waals surface area (Å²) in [7, 11) is 4.71. The molecule has 324 valence electrons. The van der Waals surface area contributed by atoms with E-state index in [1.807, 2.05) is 0 Å². The Hall–Kier alpha value is -1.92. The van der Waals surface area contributed by atoms with Gasteiger partial charge in [-0.25, -0.2) is 0 Å². The van der Waals surface area contributed by atoms with Crippen molar-refractivity contribution in [2.24, 2.45) is 0 Å². The van der Waals surface area contributed by atoms with Crippen molar-refractivity contribution in [3.8, 4) is 0 Å². The van der Waals surface area contributed by atoms with Gasteiger partial charge in [-0.15, -0.1) is 0 Å². The molecule has 2 saturated heterocycles. The van der Waals surface area contributed by atoms with Crippen LogP contribution in [-0.4, -0.2) is 110 Å². The number of carbonyl (C=O) groups is 2. The number of amides is 2. The van der Waals surface area contributed by atoms with Gasteiger partial charge in [0, 0.05) is 12.8 Å². The molecule has 2 fully saturated rings. The second-order valence-electron chi connectivity index (χ2n) is 18.4. The summed E-state index contributed by atoms with van der Waals surface area (Å²) in [5, 5.41) is 0. The van der Waals surface area contributed by atoms with E-state index in [1.54, 1.807) is 0 Å². The molecule has 0 aliphatic carbocycles. The highest BCUT2D eigenvalue weighted by Crippen LogP contribution is 2.17. The molecule has 6 nitrogen and oxygen atoms in total. The molecule has 0 bridgehead atoms. The third kappa shape index (κ3) is 25.4. The van der Waals surface area contributed by atoms with Crippen LogP contribution < -0.4 is 0 Å². The van der Waals surface area contributed by atoms with Crippen LogP contribution in [0, 0.1) is 0 Å². The van der Waals surface area contributed by atoms with Gasteiger partial charge >= 0.3 is 0 Å². The predicted molar refractivity (Wildman–Crippen MR) is 243 cm³/mol. The summed E-state index contributed by atoms with van der Waals surface area (Å²) >= 11 is 0. The van der Waals surface area contributed by atoms with Crippen LogP contribution in [0.2, 0.25) is 0 Å². The Morgan fingerprint density at radius 1 is 0.393 bits per heavy atom. The van der Waals surface area contributed by atoms with Crippen LogP contribution >= 0.6 is 0 Å². The second-order valence-corrected chi connectivity index (χ2v) is 18.4. The van der Waals surface area contributed by atoms with Crippen molar-refractivity contribution in [3.63, 3.8) is 0 Å². The van der Waals surface area contributed by atoms with Crippen molar-refractivity contribution in [1.82, 2.24) is 9.80 Å². The van der Waals surface area contributed by atoms with Gasteiger partial charge in [-0.2, -0.15) is 0 Å². The second kappa shape index (κ2) is 33.0. The average molecular weight is 783 g/mol. The molecule has 2 heterocycles. The highest BCUT2D eigenvalue weighted by atomic mass is 16.2. The Balaban J connectivity index is 1.44. The number of rotatable bonds is 34. The zero-order valence-corrected chi connectivity index (χ0v) is 37.9. The molecule has 0 saturated carbocycles. The molecule has 0 unspecified atom stereocenters. The molecular formula is C50H94N4O2+2. The van der Waals surface area contributed by atoms with E-state index < -0.39 is 0 Å². The average Bonchev–Trinajstić information content (AvgIpc) is 3.20. The lowest BCUT2D eigenvalue weighted by Crippen LogP contribution is -2.59. The lowest BCUT2D eigenvalue weighted by Gasteiger charge is -2.42. The molecule has 0 aromatic rings. The maximum atomic E-state index is 12.9. The van der Waals surface area contributed by atoms with E-state index in [4.69, 9.17) is 0 Å². The van der Waals surface area contributed by atoms with Crippen LogP contribution in [0.25, 0.3) is 0 Å². The summed E-state index contributed by atoms with van der Waals surface area (Å²) in [4.78, 5) is 30.1. The summed E-state index contributed by atoms with van der Waals surface area (Å²) in [6.07, 6.45) is 49.4. The van der Waals surface area contributed by atoms with Gasteiger partial charge in [0.2, 0.25) is 11.8 Å². The van der Waals surface area contributed by atoms with E-state index >= 15 is 0 Å². The summed E-state index contributed by atoms with van der Waals surface area (Å²) in [5.41, 5.74) is 0. The Morgan fingerprint density at radius 2 is 0.661 bits per heavy atom. The van der Waals surface area contributed by atoms with Gasteiger partial charge < -0.3 is 18.8 Å². The number of carbonyl (C=O) groups excluding carboxylic acids is 2. The van der Waals surface area contributed by atoms with Crippen LogP contribution in [0.4, 0.5) is 0 Å². The molecule has 0 radical (unpaired) electrons. The number of unbranched alkanes of at least 4 members (excludes halogenated alkanes) is 22. The van der Waals surface area contributed by atoms with Crippen molar-refractivity contribution < 1.29 is 18.6 Å². The first-order chi connectivity index (χ1) is 27.3. The summed E-state index contributed by atoms with van der Waals surface area (Å²) in [6, 6.07) is 0. The largest absolute Gasteiger partial charge is 0.331 e. The molecular weight excluding hydrogens is 689 g/mol. The number of allylic oxidation sites excluding steroid dienone is 4. The molecule has 56 heavy (non-hydrogen) atoms. The minimum Gasteiger partial charge on any atom is -0.331 e. The molecule has 0 spiro atoms. The molecule has 2 amide bonds. The zero-order chi connectivity index (χ0) is 40.4. The lowest BCUT2D eigenvalue weighted by molar-refractivity contribution is -0.909. The minimum absolute atomic E-state index is 0.368. The first-order valence-corrected chi connectivity index (χ1v) is 24.5. The highest BCUT2D eigenvalue weighted by Gasteiger charge is 2.31. The molecule has 2 rings (SSSR count). The zero-order valence-electron chi connectivity index (χ0n) is 37.9. The quantitative estimate of drug-likeness (QED) is 0.0371. The Morgan fingerprint density at radius 3 is 0.964 bits per heavy atom. The fraction of sp³-hybridized carbons (Fsp3) is 0.840. The predicted octanol–water partition coefficient (Wildman–Crippen LogP) is 12.2. The van der Waals surface area contributed by atoms with Crippen LogP contribution in [0.15, 0.2) is 36.5 Å². The van der Waals surface area contributed by atoms with Crippen molar-refractivity contribution in [3.05, 3.63) is 36.5 Å². The van der Waals surface area contributed by atoms with Gasteiger partial charge in [-0.1, -0.05) is 141 Å². The van der Waals surface area contributed by atoms with Crippen molar-refractivity contribution in [2.45, 2.75) is 194 Å². The fourth-order valence-electron chi connectivity index (χ4n) is 8.43. The van der Waals surface area contributed by atoms with E-state index in [0.29, 0.717) is 11.8 Å². The molecule has 2 aliphatic rings. The summed E-state index contributed by atoms with van der Waals surface area (Å²) in [5.74, 6) is 0.735. The molecule has 0 aromatic heterocycles. The normalized spacial score (nSPS) is 17.2. The topological polar surface area (TPSA) is 40.6 Å². The standard InChI is InChI=1S/C50H94N4O2/c1-5-7-9-11-13-15-17-19-21-23-25-27-29-31-33-37-49(55)51-39-45-53(3,46-40-51)43-35-36-44-54(4)47-41-52(42-48-54)50(56)38-34-32-30-28-26-24-22-20-18-16-14-12-10-8-6-2/h19-22,35-36H,5-18,23-34,37-48H2,1-4H3/q+2. The van der Waals surface area contributed by atoms with Crippen LogP contribution in [0.1, 0.15) is 194 Å². The van der Waals surface area contributed by atoms with Gasteiger partial charge in [0.25, 0.3) is 0 Å². The van der Waals surface area contributed by atoms with Gasteiger partial charge in [-0.3, -0.25) is 9.59 Å². The van der Waals surface area contributed by atoms with Gasteiger partial charge in [0.05, 0.1) is 79.5 Å². The third-order valence-electron chi connectivity index (χ3n) is 12.9. The smallest absolute Gasteiger partial charge is 0.222 e. The summed E-state index contributed by atoms with van der Waals surface area (Å²) < 4.78 is 2.05. The monoisotopic (exact) mass is 783 g/mol. The van der Waals surface area contributed by atoms with Gasteiger partial charge in [0.15, 0.2) is 0 Å². The number of hydrogen-bond donors (Lipinski definition) is 0. The van der Waals surface area contributed by atoms with E-state index in [9.17, 15) is 9.59 Å². The number of quaternary nitrogens is 2. The van der Waals surface area contributed by atoms with Crippen LogP contribution in [0.3, 0.4) is 0 Å². The summed E-state index contributed by atoms with van der Waals surface area (Å²) in [6.45, 7) is 14.4. The van der Waals surface area contributed by atoms with Gasteiger partial charge in [-0.05, 0) is 76.4 Å². The van der Waals surface area contributed by atoms with Crippen molar-refractivity contribution >= 4 is 11.8 Å². The number of nitrogens with zero attached hydrogens (tertiary/aromatic N) is 4. The van der Waals surface area contributed by atoms with E-state index in [-0.39, 0.29) is 0 Å². The van der Waals surface area contributed by atoms with Crippen molar-refractivity contribution in [1.29, 1.82) is 0 Å². The lowest BCUT2D eigenvalue weighted by atomic mass is 10.1. The molecule has 6 heteroatoms. The molecule has 0 atom stereocenters. The SMILES string of the molecule is CCCCCCCCC=CCCCCCCCC(=O)N1CC[N+](C)(CC=CC[N+]2(C)CCN(C(=O)CCCCCCCC=CCCCCCCCC)CC2)CC1. The number of hydrogen-bond acceptors (Lipinski definition) is 2. The number of piperazine rings is 2. The van der Waals surface area contributed by atoms with E-state index in [0.717, 1.165) is 100 Å². The Kier molecular flexibility index (Phi) is 29.6. The maximum absolute atomic E-state index is 12.9. The number of likely N-dealkylation sites (N-methyl/N-ethyl adjacent to an activating group) is 2. The minimum atomic E-state index is 0.368. The Labute approximate surface area is 348 Å². The molecule has 0 aromatic carbocycles.